The summed E-state index contributed by atoms with van der Waals surface area (Å²) >= 11 is 9.21. The number of nitriles is 1. The van der Waals surface area contributed by atoms with Crippen molar-refractivity contribution in [3.05, 3.63) is 63.1 Å². The second kappa shape index (κ2) is 5.87. The van der Waals surface area contributed by atoms with Gasteiger partial charge in [0.2, 0.25) is 0 Å². The van der Waals surface area contributed by atoms with E-state index in [-0.39, 0.29) is 5.91 Å². The molecule has 3 nitrogen and oxygen atoms in total. The van der Waals surface area contributed by atoms with Gasteiger partial charge in [0.1, 0.15) is 0 Å². The maximum Gasteiger partial charge on any atom is 0.255 e. The fourth-order valence-corrected chi connectivity index (χ4v) is 2.04. The Morgan fingerprint density at radius 1 is 1.26 bits per heavy atom. The first-order chi connectivity index (χ1) is 9.10. The van der Waals surface area contributed by atoms with Crippen molar-refractivity contribution in [1.29, 1.82) is 5.26 Å². The van der Waals surface area contributed by atoms with Crippen molar-refractivity contribution in [3.8, 4) is 6.07 Å². The summed E-state index contributed by atoms with van der Waals surface area (Å²) < 4.78 is 0.738. The zero-order chi connectivity index (χ0) is 13.8. The lowest BCUT2D eigenvalue weighted by Crippen LogP contribution is -2.12. The van der Waals surface area contributed by atoms with Gasteiger partial charge in [0.15, 0.2) is 0 Å². The minimum atomic E-state index is -0.292. The molecule has 0 unspecified atom stereocenters. The molecule has 1 amide bonds. The number of carbonyl (C=O) groups is 1. The van der Waals surface area contributed by atoms with Gasteiger partial charge in [-0.3, -0.25) is 4.79 Å². The first-order valence-electron chi connectivity index (χ1n) is 5.37. The highest BCUT2D eigenvalue weighted by molar-refractivity contribution is 9.10. The molecule has 0 radical (unpaired) electrons. The average molecular weight is 336 g/mol. The predicted molar refractivity (Wildman–Crippen MR) is 78.3 cm³/mol. The van der Waals surface area contributed by atoms with Crippen molar-refractivity contribution >= 4 is 39.1 Å². The number of nitrogens with one attached hydrogen (secondary N) is 1. The van der Waals surface area contributed by atoms with Gasteiger partial charge in [0.05, 0.1) is 17.3 Å². The van der Waals surface area contributed by atoms with E-state index < -0.39 is 0 Å². The van der Waals surface area contributed by atoms with Crippen LogP contribution >= 0.6 is 27.5 Å². The summed E-state index contributed by atoms with van der Waals surface area (Å²) in [5.41, 5.74) is 1.45. The lowest BCUT2D eigenvalue weighted by molar-refractivity contribution is 0.102. The van der Waals surface area contributed by atoms with Crippen molar-refractivity contribution in [2.45, 2.75) is 0 Å². The molecule has 2 aromatic rings. The molecular formula is C14H8BrClN2O. The van der Waals surface area contributed by atoms with Crippen LogP contribution in [0.25, 0.3) is 0 Å². The lowest BCUT2D eigenvalue weighted by atomic mass is 10.1. The number of rotatable bonds is 2. The molecule has 0 bridgehead atoms. The maximum atomic E-state index is 12.1. The minimum Gasteiger partial charge on any atom is -0.321 e. The Morgan fingerprint density at radius 3 is 2.79 bits per heavy atom. The second-order valence-electron chi connectivity index (χ2n) is 3.77. The average Bonchev–Trinajstić information content (AvgIpc) is 2.43. The van der Waals surface area contributed by atoms with E-state index in [9.17, 15) is 4.79 Å². The normalized spacial score (nSPS) is 9.74. The highest BCUT2D eigenvalue weighted by Crippen LogP contribution is 2.26. The van der Waals surface area contributed by atoms with Crippen LogP contribution in [0.4, 0.5) is 5.69 Å². The van der Waals surface area contributed by atoms with Crippen molar-refractivity contribution in [1.82, 2.24) is 0 Å². The number of halogens is 2. The summed E-state index contributed by atoms with van der Waals surface area (Å²) in [6.07, 6.45) is 0. The van der Waals surface area contributed by atoms with Gasteiger partial charge in [-0.2, -0.15) is 5.26 Å². The molecule has 0 aliphatic carbocycles. The predicted octanol–water partition coefficient (Wildman–Crippen LogP) is 4.23. The molecule has 0 saturated carbocycles. The summed E-state index contributed by atoms with van der Waals surface area (Å²) in [5.74, 6) is -0.292. The Bertz CT molecular complexity index is 679. The largest absolute Gasteiger partial charge is 0.321 e. The van der Waals surface area contributed by atoms with Crippen LogP contribution in [-0.2, 0) is 0 Å². The molecule has 0 aliphatic heterocycles. The van der Waals surface area contributed by atoms with Gasteiger partial charge in [-0.05, 0) is 52.3 Å². The van der Waals surface area contributed by atoms with Crippen LogP contribution in [-0.4, -0.2) is 5.91 Å². The van der Waals surface area contributed by atoms with Gasteiger partial charge in [-0.25, -0.2) is 0 Å². The molecule has 2 aromatic carbocycles. The Balaban J connectivity index is 2.26. The van der Waals surface area contributed by atoms with Crippen LogP contribution in [0, 0.1) is 11.3 Å². The van der Waals surface area contributed by atoms with Crippen LogP contribution in [0.3, 0.4) is 0 Å². The molecule has 0 saturated heterocycles. The topological polar surface area (TPSA) is 52.9 Å². The molecule has 0 heterocycles. The molecular weight excluding hydrogens is 328 g/mol. The monoisotopic (exact) mass is 334 g/mol. The molecule has 0 spiro atoms. The van der Waals surface area contributed by atoms with E-state index in [0.29, 0.717) is 21.8 Å². The number of benzene rings is 2. The summed E-state index contributed by atoms with van der Waals surface area (Å²) in [5, 5.41) is 12.1. The molecule has 19 heavy (non-hydrogen) atoms. The fraction of sp³-hybridized carbons (Fsp3) is 0. The lowest BCUT2D eigenvalue weighted by Gasteiger charge is -2.08. The van der Waals surface area contributed by atoms with Gasteiger partial charge in [0, 0.05) is 15.1 Å². The number of carbonyl (C=O) groups excluding carboxylic acids is 1. The number of nitrogens with zero attached hydrogens (tertiary/aromatic N) is 1. The van der Waals surface area contributed by atoms with Crippen LogP contribution < -0.4 is 5.32 Å². The molecule has 0 aliphatic rings. The van der Waals surface area contributed by atoms with E-state index in [0.717, 1.165) is 4.47 Å². The van der Waals surface area contributed by atoms with E-state index in [4.69, 9.17) is 16.9 Å². The molecule has 0 aromatic heterocycles. The molecule has 1 N–H and O–H groups in total. The smallest absolute Gasteiger partial charge is 0.255 e. The highest BCUT2D eigenvalue weighted by atomic mass is 79.9. The fourth-order valence-electron chi connectivity index (χ4n) is 1.52. The number of amides is 1. The van der Waals surface area contributed by atoms with Gasteiger partial charge < -0.3 is 5.32 Å². The Hall–Kier alpha value is -1.83. The first kappa shape index (κ1) is 13.6. The Labute approximate surface area is 123 Å². The van der Waals surface area contributed by atoms with Gasteiger partial charge in [-0.15, -0.1) is 0 Å². The van der Waals surface area contributed by atoms with Crippen molar-refractivity contribution in [3.63, 3.8) is 0 Å². The molecule has 94 valence electrons. The Kier molecular flexibility index (Phi) is 4.20. The van der Waals surface area contributed by atoms with Crippen molar-refractivity contribution in [2.75, 3.05) is 5.32 Å². The zero-order valence-corrected chi connectivity index (χ0v) is 12.0. The number of anilines is 1. The molecule has 5 heteroatoms. The van der Waals surface area contributed by atoms with Gasteiger partial charge in [-0.1, -0.05) is 17.7 Å². The van der Waals surface area contributed by atoms with Crippen LogP contribution in [0.1, 0.15) is 15.9 Å². The summed E-state index contributed by atoms with van der Waals surface area (Å²) in [7, 11) is 0. The zero-order valence-electron chi connectivity index (χ0n) is 9.65. The molecule has 0 fully saturated rings. The van der Waals surface area contributed by atoms with E-state index in [1.807, 2.05) is 6.07 Å². The number of hydrogen-bond donors (Lipinski definition) is 1. The first-order valence-corrected chi connectivity index (χ1v) is 6.54. The van der Waals surface area contributed by atoms with E-state index >= 15 is 0 Å². The summed E-state index contributed by atoms with van der Waals surface area (Å²) in [6.45, 7) is 0. The molecule has 2 rings (SSSR count). The van der Waals surface area contributed by atoms with E-state index in [2.05, 4.69) is 21.2 Å². The van der Waals surface area contributed by atoms with E-state index in [1.54, 1.807) is 36.4 Å². The standard InChI is InChI=1S/C14H8BrClN2O/c15-12-5-4-11(16)7-13(12)18-14(19)10-3-1-2-9(6-10)8-17/h1-7H,(H,18,19). The van der Waals surface area contributed by atoms with Crippen LogP contribution in [0.2, 0.25) is 5.02 Å². The van der Waals surface area contributed by atoms with Crippen LogP contribution in [0.5, 0.6) is 0 Å². The third kappa shape index (κ3) is 3.34. The summed E-state index contributed by atoms with van der Waals surface area (Å²) in [6, 6.07) is 13.6. The second-order valence-corrected chi connectivity index (χ2v) is 5.06. The SMILES string of the molecule is N#Cc1cccc(C(=O)Nc2cc(Cl)ccc2Br)c1. The number of hydrogen-bond acceptors (Lipinski definition) is 2. The van der Waals surface area contributed by atoms with E-state index in [1.165, 1.54) is 6.07 Å². The van der Waals surface area contributed by atoms with Crippen LogP contribution in [0.15, 0.2) is 46.9 Å². The van der Waals surface area contributed by atoms with Gasteiger partial charge in [0.25, 0.3) is 5.91 Å². The maximum absolute atomic E-state index is 12.1. The van der Waals surface area contributed by atoms with Crippen molar-refractivity contribution < 1.29 is 4.79 Å². The highest BCUT2D eigenvalue weighted by Gasteiger charge is 2.09. The minimum absolute atomic E-state index is 0.292. The Morgan fingerprint density at radius 2 is 2.05 bits per heavy atom. The third-order valence-corrected chi connectivity index (χ3v) is 3.36. The van der Waals surface area contributed by atoms with Crippen molar-refractivity contribution in [2.24, 2.45) is 0 Å². The third-order valence-electron chi connectivity index (χ3n) is 2.43. The molecule has 0 atom stereocenters. The quantitative estimate of drug-likeness (QED) is 0.893. The van der Waals surface area contributed by atoms with Gasteiger partial charge >= 0.3 is 0 Å². The summed E-state index contributed by atoms with van der Waals surface area (Å²) in [4.78, 5) is 12.1.